The maximum absolute atomic E-state index is 12.2. The second kappa shape index (κ2) is 16.6. The first-order valence-corrected chi connectivity index (χ1v) is 9.61. The molecule has 5 nitrogen and oxygen atoms in total. The number of carbonyl (C=O) groups is 2. The number of esters is 1. The van der Waals surface area contributed by atoms with Crippen molar-refractivity contribution < 1.29 is 19.1 Å². The topological polar surface area (TPSA) is 64.6 Å². The predicted octanol–water partition coefficient (Wildman–Crippen LogP) is 5.46. The van der Waals surface area contributed by atoms with Crippen LogP contribution in [0.5, 0.6) is 0 Å². The summed E-state index contributed by atoms with van der Waals surface area (Å²) in [5.74, 6) is -0.488. The molecule has 1 N–H and O–H groups in total. The molecule has 0 spiro atoms. The summed E-state index contributed by atoms with van der Waals surface area (Å²) in [7, 11) is 0. The monoisotopic (exact) mass is 391 g/mol. The Labute approximate surface area is 170 Å². The number of allylic oxidation sites excluding steroid dienone is 2. The minimum atomic E-state index is -0.794. The zero-order valence-electron chi connectivity index (χ0n) is 18.5. The Hall–Kier alpha value is -2.56. The number of benzene rings is 1. The smallest absolute Gasteiger partial charge is 0.408 e. The van der Waals surface area contributed by atoms with Gasteiger partial charge in [0.25, 0.3) is 0 Å². The third-order valence-electron chi connectivity index (χ3n) is 2.82. The summed E-state index contributed by atoms with van der Waals surface area (Å²) < 4.78 is 10.4. The summed E-state index contributed by atoms with van der Waals surface area (Å²) in [5, 5.41) is 2.59. The summed E-state index contributed by atoms with van der Waals surface area (Å²) >= 11 is 0. The van der Waals surface area contributed by atoms with Crippen molar-refractivity contribution in [1.29, 1.82) is 0 Å². The molecular weight excluding hydrogens is 354 g/mol. The summed E-state index contributed by atoms with van der Waals surface area (Å²) in [4.78, 5) is 24.1. The Bertz CT molecular complexity index is 574. The average Bonchev–Trinajstić information content (AvgIpc) is 2.63. The van der Waals surface area contributed by atoms with E-state index in [4.69, 9.17) is 9.47 Å². The van der Waals surface area contributed by atoms with Crippen molar-refractivity contribution in [3.63, 3.8) is 0 Å². The van der Waals surface area contributed by atoms with Crippen molar-refractivity contribution in [2.24, 2.45) is 0 Å². The largest absolute Gasteiger partial charge is 0.460 e. The number of alkyl carbamates (subject to hydrolysis) is 1. The molecule has 0 aromatic heterocycles. The molecule has 158 valence electrons. The van der Waals surface area contributed by atoms with Crippen molar-refractivity contribution in [2.45, 2.75) is 66.5 Å². The highest BCUT2D eigenvalue weighted by molar-refractivity contribution is 5.81. The van der Waals surface area contributed by atoms with E-state index in [9.17, 15) is 9.59 Å². The van der Waals surface area contributed by atoms with E-state index < -0.39 is 23.7 Å². The van der Waals surface area contributed by atoms with Crippen molar-refractivity contribution in [3.8, 4) is 0 Å². The van der Waals surface area contributed by atoms with Gasteiger partial charge in [-0.05, 0) is 40.2 Å². The fraction of sp³-hybridized carbons (Fsp3) is 0.478. The number of amides is 1. The van der Waals surface area contributed by atoms with Crippen molar-refractivity contribution in [3.05, 3.63) is 60.7 Å². The molecule has 0 aliphatic heterocycles. The van der Waals surface area contributed by atoms with E-state index in [0.717, 1.165) is 5.56 Å². The molecule has 0 aliphatic carbocycles. The van der Waals surface area contributed by atoms with Crippen LogP contribution in [0.15, 0.2) is 55.1 Å². The first kappa shape index (κ1) is 27.7. The van der Waals surface area contributed by atoms with Crippen LogP contribution in [0.2, 0.25) is 0 Å². The van der Waals surface area contributed by atoms with Crippen LogP contribution in [0.3, 0.4) is 0 Å². The predicted molar refractivity (Wildman–Crippen MR) is 116 cm³/mol. The minimum absolute atomic E-state index is 0.177. The Balaban J connectivity index is 0. The van der Waals surface area contributed by atoms with Gasteiger partial charge in [-0.25, -0.2) is 9.59 Å². The van der Waals surface area contributed by atoms with Gasteiger partial charge in [-0.3, -0.25) is 0 Å². The van der Waals surface area contributed by atoms with Gasteiger partial charge in [-0.15, -0.1) is 6.58 Å². The van der Waals surface area contributed by atoms with Gasteiger partial charge in [0.1, 0.15) is 18.2 Å². The summed E-state index contributed by atoms with van der Waals surface area (Å²) in [6.45, 7) is 16.6. The van der Waals surface area contributed by atoms with Gasteiger partial charge in [0, 0.05) is 6.42 Å². The zero-order chi connectivity index (χ0) is 22.0. The average molecular weight is 392 g/mol. The second-order valence-electron chi connectivity index (χ2n) is 6.50. The fourth-order valence-electron chi connectivity index (χ4n) is 1.82. The molecule has 0 fully saturated rings. The Kier molecular flexibility index (Phi) is 16.4. The lowest BCUT2D eigenvalue weighted by Gasteiger charge is -2.23. The quantitative estimate of drug-likeness (QED) is 0.516. The lowest BCUT2D eigenvalue weighted by atomic mass is 10.1. The molecule has 0 heterocycles. The lowest BCUT2D eigenvalue weighted by Crippen LogP contribution is -2.45. The highest BCUT2D eigenvalue weighted by Gasteiger charge is 2.25. The molecule has 5 heteroatoms. The molecule has 1 aromatic carbocycles. The Morgan fingerprint density at radius 2 is 1.68 bits per heavy atom. The maximum Gasteiger partial charge on any atom is 0.408 e. The molecule has 1 atom stereocenters. The number of hydrogen-bond acceptors (Lipinski definition) is 4. The molecule has 0 saturated heterocycles. The van der Waals surface area contributed by atoms with Gasteiger partial charge in [-0.1, -0.05) is 62.4 Å². The second-order valence-corrected chi connectivity index (χ2v) is 6.50. The molecule has 0 unspecified atom stereocenters. The number of ether oxygens (including phenoxy) is 2. The van der Waals surface area contributed by atoms with Crippen molar-refractivity contribution >= 4 is 12.1 Å². The van der Waals surface area contributed by atoms with E-state index in [-0.39, 0.29) is 6.61 Å². The first-order valence-electron chi connectivity index (χ1n) is 9.61. The van der Waals surface area contributed by atoms with E-state index in [0.29, 0.717) is 6.42 Å². The van der Waals surface area contributed by atoms with Crippen LogP contribution in [0, 0.1) is 0 Å². The van der Waals surface area contributed by atoms with Crippen LogP contribution < -0.4 is 5.32 Å². The SMILES string of the molecule is C/C=C/COC(=O)[C@H](Cc1ccccc1)NC(=O)OC(C)(C)C.C=CC.CC. The van der Waals surface area contributed by atoms with Crippen molar-refractivity contribution in [1.82, 2.24) is 5.32 Å². The van der Waals surface area contributed by atoms with Crippen LogP contribution in [0.1, 0.15) is 54.0 Å². The fourth-order valence-corrected chi connectivity index (χ4v) is 1.82. The molecule has 1 rings (SSSR count). The lowest BCUT2D eigenvalue weighted by molar-refractivity contribution is -0.144. The zero-order valence-corrected chi connectivity index (χ0v) is 18.5. The van der Waals surface area contributed by atoms with Crippen LogP contribution >= 0.6 is 0 Å². The number of rotatable bonds is 6. The normalized spacial score (nSPS) is 11.1. The number of carbonyl (C=O) groups excluding carboxylic acids is 2. The molecule has 1 amide bonds. The van der Waals surface area contributed by atoms with E-state index in [2.05, 4.69) is 11.9 Å². The van der Waals surface area contributed by atoms with Gasteiger partial charge < -0.3 is 14.8 Å². The van der Waals surface area contributed by atoms with Crippen LogP contribution in [0.4, 0.5) is 4.79 Å². The van der Waals surface area contributed by atoms with Crippen LogP contribution in [0.25, 0.3) is 0 Å². The summed E-state index contributed by atoms with van der Waals surface area (Å²) in [6, 6.07) is 8.64. The van der Waals surface area contributed by atoms with Gasteiger partial charge in [0.15, 0.2) is 0 Å². The van der Waals surface area contributed by atoms with E-state index in [1.807, 2.05) is 58.0 Å². The highest BCUT2D eigenvalue weighted by Crippen LogP contribution is 2.09. The van der Waals surface area contributed by atoms with Gasteiger partial charge in [-0.2, -0.15) is 0 Å². The number of nitrogens with one attached hydrogen (secondary N) is 1. The molecule has 0 bridgehead atoms. The van der Waals surface area contributed by atoms with E-state index >= 15 is 0 Å². The maximum atomic E-state index is 12.2. The molecule has 0 saturated carbocycles. The van der Waals surface area contributed by atoms with Gasteiger partial charge in [0.2, 0.25) is 0 Å². The third-order valence-corrected chi connectivity index (χ3v) is 2.82. The summed E-state index contributed by atoms with van der Waals surface area (Å²) in [5.41, 5.74) is 0.299. The summed E-state index contributed by atoms with van der Waals surface area (Å²) in [6.07, 6.45) is 4.97. The molecule has 0 radical (unpaired) electrons. The van der Waals surface area contributed by atoms with Crippen LogP contribution in [-0.2, 0) is 20.7 Å². The third kappa shape index (κ3) is 15.7. The number of hydrogen-bond donors (Lipinski definition) is 1. The highest BCUT2D eigenvalue weighted by atomic mass is 16.6. The van der Waals surface area contributed by atoms with E-state index in [1.165, 1.54) is 0 Å². The molecule has 28 heavy (non-hydrogen) atoms. The first-order chi connectivity index (χ1) is 13.2. The Morgan fingerprint density at radius 3 is 2.14 bits per heavy atom. The van der Waals surface area contributed by atoms with Crippen molar-refractivity contribution in [2.75, 3.05) is 6.61 Å². The van der Waals surface area contributed by atoms with E-state index in [1.54, 1.807) is 39.0 Å². The van der Waals surface area contributed by atoms with Gasteiger partial charge in [0.05, 0.1) is 0 Å². The van der Waals surface area contributed by atoms with Gasteiger partial charge >= 0.3 is 12.1 Å². The molecular formula is C23H37NO4. The standard InChI is InChI=1S/C18H25NO4.C3H6.C2H6/c1-5-6-12-22-16(20)15(13-14-10-8-7-9-11-14)19-17(21)23-18(2,3)4;1-3-2;1-2/h5-11,15H,12-13H2,1-4H3,(H,19,21);3H,1H2,2H3;1-2H3/b6-5+;;/t15-;;/m0../s1. The Morgan fingerprint density at radius 1 is 1.14 bits per heavy atom. The van der Waals surface area contributed by atoms with Crippen LogP contribution in [-0.4, -0.2) is 30.3 Å². The molecule has 0 aliphatic rings. The minimum Gasteiger partial charge on any atom is -0.460 e. The molecule has 1 aromatic rings.